The number of hydrogen-bond donors (Lipinski definition) is 1. The number of nitrogens with two attached hydrogens (primary N) is 1. The zero-order valence-electron chi connectivity index (χ0n) is 21.5. The Kier molecular flexibility index (Phi) is 6.83. The van der Waals surface area contributed by atoms with Crippen LogP contribution in [-0.4, -0.2) is 9.97 Å². The molecule has 0 spiro atoms. The molecule has 6 rings (SSSR count). The first kappa shape index (κ1) is 24.1. The molecule has 2 N–H and O–H groups in total. The van der Waals surface area contributed by atoms with Crippen LogP contribution in [0.3, 0.4) is 0 Å². The van der Waals surface area contributed by atoms with E-state index in [1.807, 2.05) is 48.7 Å². The first-order chi connectivity index (χ1) is 19.2. The topological polar surface area (TPSA) is 55.0 Å². The first-order valence-electron chi connectivity index (χ1n) is 13.0. The maximum absolute atomic E-state index is 6.12. The number of hydrogen-bond acceptors (Lipinski definition) is 4. The fourth-order valence-electron chi connectivity index (χ4n) is 4.75. The predicted molar refractivity (Wildman–Crippen MR) is 161 cm³/mol. The minimum absolute atomic E-state index is 0.605. The van der Waals surface area contributed by atoms with E-state index < -0.39 is 0 Å². The number of benzene rings is 5. The van der Waals surface area contributed by atoms with Crippen molar-refractivity contribution >= 4 is 22.7 Å². The van der Waals surface area contributed by atoms with Gasteiger partial charge in [-0.2, -0.15) is 0 Å². The van der Waals surface area contributed by atoms with Crippen LogP contribution in [0.1, 0.15) is 11.4 Å². The molecule has 5 aromatic carbocycles. The zero-order valence-corrected chi connectivity index (χ0v) is 21.5. The molecule has 0 unspecified atom stereocenters. The fraction of sp³-hybridized carbons (Fsp3) is 0.0286. The molecule has 0 aliphatic carbocycles. The Labute approximate surface area is 229 Å². The molecule has 0 amide bonds. The van der Waals surface area contributed by atoms with E-state index in [1.165, 1.54) is 0 Å². The van der Waals surface area contributed by atoms with Gasteiger partial charge in [-0.1, -0.05) is 91.0 Å². The van der Waals surface area contributed by atoms with Crippen molar-refractivity contribution < 1.29 is 0 Å². The van der Waals surface area contributed by atoms with Crippen molar-refractivity contribution in [1.82, 2.24) is 9.97 Å². The molecule has 0 fully saturated rings. The number of para-hydroxylation sites is 3. The second-order valence-corrected chi connectivity index (χ2v) is 9.36. The van der Waals surface area contributed by atoms with Crippen LogP contribution in [0, 0.1) is 0 Å². The summed E-state index contributed by atoms with van der Waals surface area (Å²) in [6.45, 7) is 0. The maximum Gasteiger partial charge on any atom is 0.133 e. The van der Waals surface area contributed by atoms with Crippen LogP contribution in [0.15, 0.2) is 146 Å². The molecule has 0 saturated heterocycles. The number of nitrogen functional groups attached to an aromatic ring is 1. The predicted octanol–water partition coefficient (Wildman–Crippen LogP) is 8.45. The van der Waals surface area contributed by atoms with Gasteiger partial charge in [0.2, 0.25) is 0 Å². The van der Waals surface area contributed by atoms with E-state index in [2.05, 4.69) is 107 Å². The molecule has 4 heteroatoms. The highest BCUT2D eigenvalue weighted by Gasteiger charge is 2.12. The van der Waals surface area contributed by atoms with Crippen molar-refractivity contribution in [2.45, 2.75) is 6.42 Å². The molecule has 0 aliphatic rings. The third-order valence-corrected chi connectivity index (χ3v) is 6.78. The van der Waals surface area contributed by atoms with Crippen LogP contribution >= 0.6 is 0 Å². The van der Waals surface area contributed by atoms with Gasteiger partial charge in [0.15, 0.2) is 0 Å². The number of anilines is 4. The van der Waals surface area contributed by atoms with Crippen molar-refractivity contribution in [2.24, 2.45) is 0 Å². The van der Waals surface area contributed by atoms with Crippen molar-refractivity contribution in [3.63, 3.8) is 0 Å². The molecule has 0 atom stereocenters. The van der Waals surface area contributed by atoms with Crippen LogP contribution in [-0.2, 0) is 6.42 Å². The molecule has 0 saturated carbocycles. The lowest BCUT2D eigenvalue weighted by Gasteiger charge is -2.25. The molecule has 39 heavy (non-hydrogen) atoms. The molecular formula is C35H28N4. The van der Waals surface area contributed by atoms with E-state index in [-0.39, 0.29) is 0 Å². The average molecular weight is 505 g/mol. The van der Waals surface area contributed by atoms with Gasteiger partial charge in [0, 0.05) is 40.9 Å². The third kappa shape index (κ3) is 5.41. The summed E-state index contributed by atoms with van der Waals surface area (Å²) in [5.74, 6) is 0.756. The lowest BCUT2D eigenvalue weighted by Crippen LogP contribution is -2.09. The van der Waals surface area contributed by atoms with E-state index in [1.54, 1.807) is 0 Å². The molecule has 1 aromatic heterocycles. The van der Waals surface area contributed by atoms with Gasteiger partial charge >= 0.3 is 0 Å². The minimum atomic E-state index is 0.605. The monoisotopic (exact) mass is 504 g/mol. The summed E-state index contributed by atoms with van der Waals surface area (Å²) in [4.78, 5) is 11.5. The summed E-state index contributed by atoms with van der Waals surface area (Å²) in [6.07, 6.45) is 2.42. The Morgan fingerprint density at radius 3 is 1.64 bits per heavy atom. The number of nitrogens with zero attached hydrogens (tertiary/aromatic N) is 3. The molecule has 0 radical (unpaired) electrons. The Bertz CT molecular complexity index is 1620. The average Bonchev–Trinajstić information content (AvgIpc) is 3.00. The fourth-order valence-corrected chi connectivity index (χ4v) is 4.75. The van der Waals surface area contributed by atoms with Crippen LogP contribution < -0.4 is 10.6 Å². The van der Waals surface area contributed by atoms with E-state index in [0.717, 1.165) is 56.5 Å². The molecule has 6 aromatic rings. The van der Waals surface area contributed by atoms with Gasteiger partial charge in [-0.25, -0.2) is 9.97 Å². The Hall–Kier alpha value is -5.22. The Morgan fingerprint density at radius 2 is 1.03 bits per heavy atom. The Morgan fingerprint density at radius 1 is 0.513 bits per heavy atom. The van der Waals surface area contributed by atoms with Gasteiger partial charge in [-0.3, -0.25) is 0 Å². The van der Waals surface area contributed by atoms with E-state index >= 15 is 0 Å². The van der Waals surface area contributed by atoms with Gasteiger partial charge in [0.05, 0.1) is 5.69 Å². The van der Waals surface area contributed by atoms with Crippen molar-refractivity contribution in [1.29, 1.82) is 0 Å². The van der Waals surface area contributed by atoms with Crippen LogP contribution in [0.2, 0.25) is 0 Å². The Balaban J connectivity index is 1.23. The first-order valence-corrected chi connectivity index (χ1v) is 13.0. The molecule has 1 heterocycles. The summed E-state index contributed by atoms with van der Waals surface area (Å²) in [6, 6.07) is 47.9. The maximum atomic E-state index is 6.12. The minimum Gasteiger partial charge on any atom is -0.398 e. The third-order valence-electron chi connectivity index (χ3n) is 6.78. The standard InChI is InChI=1S/C35H28N4/c36-33-14-8-7-9-29(33)25-35-37-24-23-34(38-35)28-17-15-26(16-18-28)27-19-21-32(22-20-27)39(30-10-3-1-4-11-30)31-12-5-2-6-13-31/h1-24H,25,36H2. The van der Waals surface area contributed by atoms with Gasteiger partial charge < -0.3 is 10.6 Å². The van der Waals surface area contributed by atoms with Gasteiger partial charge in [0.25, 0.3) is 0 Å². The number of rotatable bonds is 7. The molecule has 188 valence electrons. The zero-order chi connectivity index (χ0) is 26.4. The highest BCUT2D eigenvalue weighted by Crippen LogP contribution is 2.35. The summed E-state index contributed by atoms with van der Waals surface area (Å²) >= 11 is 0. The summed E-state index contributed by atoms with van der Waals surface area (Å²) in [5, 5.41) is 0. The lowest BCUT2D eigenvalue weighted by molar-refractivity contribution is 0.974. The van der Waals surface area contributed by atoms with E-state index in [9.17, 15) is 0 Å². The van der Waals surface area contributed by atoms with E-state index in [4.69, 9.17) is 10.7 Å². The quantitative estimate of drug-likeness (QED) is 0.222. The van der Waals surface area contributed by atoms with Gasteiger partial charge in [-0.05, 0) is 65.2 Å². The van der Waals surface area contributed by atoms with Crippen molar-refractivity contribution in [2.75, 3.05) is 10.6 Å². The van der Waals surface area contributed by atoms with Crippen molar-refractivity contribution in [3.8, 4) is 22.4 Å². The molecule has 0 aliphatic heterocycles. The van der Waals surface area contributed by atoms with Crippen LogP contribution in [0.4, 0.5) is 22.7 Å². The highest BCUT2D eigenvalue weighted by atomic mass is 15.1. The van der Waals surface area contributed by atoms with Gasteiger partial charge in [0.1, 0.15) is 5.82 Å². The molecular weight excluding hydrogens is 476 g/mol. The van der Waals surface area contributed by atoms with Crippen molar-refractivity contribution in [3.05, 3.63) is 157 Å². The normalized spacial score (nSPS) is 10.8. The summed E-state index contributed by atoms with van der Waals surface area (Å²) in [7, 11) is 0. The van der Waals surface area contributed by atoms with Crippen LogP contribution in [0.5, 0.6) is 0 Å². The largest absolute Gasteiger partial charge is 0.398 e. The van der Waals surface area contributed by atoms with E-state index in [0.29, 0.717) is 6.42 Å². The number of aromatic nitrogens is 2. The highest BCUT2D eigenvalue weighted by molar-refractivity contribution is 5.78. The van der Waals surface area contributed by atoms with Gasteiger partial charge in [-0.15, -0.1) is 0 Å². The smallest absolute Gasteiger partial charge is 0.133 e. The van der Waals surface area contributed by atoms with Crippen LogP contribution in [0.25, 0.3) is 22.4 Å². The second kappa shape index (κ2) is 11.0. The molecule has 4 nitrogen and oxygen atoms in total. The second-order valence-electron chi connectivity index (χ2n) is 9.36. The summed E-state index contributed by atoms with van der Waals surface area (Å²) in [5.41, 5.74) is 15.5. The molecule has 0 bridgehead atoms. The SMILES string of the molecule is Nc1ccccc1Cc1nccc(-c2ccc(-c3ccc(N(c4ccccc4)c4ccccc4)cc3)cc2)n1. The lowest BCUT2D eigenvalue weighted by atomic mass is 10.0. The summed E-state index contributed by atoms with van der Waals surface area (Å²) < 4.78 is 0.